The van der Waals surface area contributed by atoms with Crippen LogP contribution in [0.25, 0.3) is 6.08 Å². The summed E-state index contributed by atoms with van der Waals surface area (Å²) >= 11 is 0. The van der Waals surface area contributed by atoms with Gasteiger partial charge in [0.15, 0.2) is 0 Å². The molecule has 0 aliphatic rings. The van der Waals surface area contributed by atoms with Gasteiger partial charge in [-0.15, -0.1) is 0 Å². The van der Waals surface area contributed by atoms with Crippen molar-refractivity contribution in [3.8, 4) is 11.5 Å². The lowest BCUT2D eigenvalue weighted by Gasteiger charge is -2.18. The maximum atomic E-state index is 12.1. The molecule has 5 nitrogen and oxygen atoms in total. The second-order valence-corrected chi connectivity index (χ2v) is 6.44. The Kier molecular flexibility index (Phi) is 8.56. The van der Waals surface area contributed by atoms with E-state index in [0.29, 0.717) is 18.0 Å². The first kappa shape index (κ1) is 21.5. The highest BCUT2D eigenvalue weighted by molar-refractivity contribution is 5.92. The molecule has 0 aliphatic carbocycles. The van der Waals surface area contributed by atoms with Crippen LogP contribution in [0.2, 0.25) is 0 Å². The molecule has 0 heterocycles. The first-order valence-corrected chi connectivity index (χ1v) is 9.57. The first-order chi connectivity index (χ1) is 13.6. The number of nitrogens with one attached hydrogen (secondary N) is 1. The highest BCUT2D eigenvalue weighted by Crippen LogP contribution is 2.25. The van der Waals surface area contributed by atoms with E-state index in [1.54, 1.807) is 26.4 Å². The molecule has 0 aromatic heterocycles. The van der Waals surface area contributed by atoms with Gasteiger partial charge in [-0.1, -0.05) is 38.1 Å². The Morgan fingerprint density at radius 2 is 1.68 bits per heavy atom. The summed E-state index contributed by atoms with van der Waals surface area (Å²) in [6, 6.07) is 13.9. The lowest BCUT2D eigenvalue weighted by molar-refractivity contribution is -0.116. The molecule has 2 rings (SSSR count). The standard InChI is InChI=1S/C23H30N2O3/c1-5-25(6-2)17-19-9-7-18(8-10-19)16-24-23(26)14-12-20-11-13-21(27-3)15-22(20)28-4/h7-15H,5-6,16-17H2,1-4H3,(H,24,26)/b14-12+. The summed E-state index contributed by atoms with van der Waals surface area (Å²) in [5, 5.41) is 2.91. The van der Waals surface area contributed by atoms with Gasteiger partial charge < -0.3 is 14.8 Å². The minimum absolute atomic E-state index is 0.148. The van der Waals surface area contributed by atoms with E-state index >= 15 is 0 Å². The number of carbonyl (C=O) groups is 1. The van der Waals surface area contributed by atoms with E-state index in [0.717, 1.165) is 30.8 Å². The highest BCUT2D eigenvalue weighted by atomic mass is 16.5. The van der Waals surface area contributed by atoms with Gasteiger partial charge in [0.2, 0.25) is 5.91 Å². The third kappa shape index (κ3) is 6.43. The Labute approximate surface area is 168 Å². The number of carbonyl (C=O) groups excluding carboxylic acids is 1. The number of rotatable bonds is 10. The lowest BCUT2D eigenvalue weighted by atomic mass is 10.1. The molecule has 0 aliphatic heterocycles. The number of ether oxygens (including phenoxy) is 2. The Morgan fingerprint density at radius 1 is 1.00 bits per heavy atom. The van der Waals surface area contributed by atoms with Gasteiger partial charge in [-0.3, -0.25) is 9.69 Å². The largest absolute Gasteiger partial charge is 0.497 e. The molecule has 5 heteroatoms. The van der Waals surface area contributed by atoms with Gasteiger partial charge in [0, 0.05) is 30.8 Å². The van der Waals surface area contributed by atoms with E-state index in [2.05, 4.69) is 48.3 Å². The van der Waals surface area contributed by atoms with E-state index in [1.807, 2.05) is 12.1 Å². The summed E-state index contributed by atoms with van der Waals surface area (Å²) in [6.07, 6.45) is 3.25. The Balaban J connectivity index is 1.89. The Morgan fingerprint density at radius 3 is 2.29 bits per heavy atom. The van der Waals surface area contributed by atoms with Crippen molar-refractivity contribution in [1.29, 1.82) is 0 Å². The van der Waals surface area contributed by atoms with Crippen molar-refractivity contribution in [1.82, 2.24) is 10.2 Å². The molecular formula is C23H30N2O3. The SMILES string of the molecule is CCN(CC)Cc1ccc(CNC(=O)/C=C/c2ccc(OC)cc2OC)cc1. The van der Waals surface area contributed by atoms with Crippen molar-refractivity contribution in [2.45, 2.75) is 26.9 Å². The first-order valence-electron chi connectivity index (χ1n) is 9.57. The molecule has 1 N–H and O–H groups in total. The number of amides is 1. The van der Waals surface area contributed by atoms with Crippen molar-refractivity contribution < 1.29 is 14.3 Å². The maximum Gasteiger partial charge on any atom is 0.244 e. The van der Waals surface area contributed by atoms with Gasteiger partial charge in [-0.05, 0) is 42.4 Å². The van der Waals surface area contributed by atoms with E-state index in [4.69, 9.17) is 9.47 Å². The fourth-order valence-corrected chi connectivity index (χ4v) is 2.84. The van der Waals surface area contributed by atoms with Crippen LogP contribution in [0, 0.1) is 0 Å². The number of benzene rings is 2. The number of nitrogens with zero attached hydrogens (tertiary/aromatic N) is 1. The third-order valence-corrected chi connectivity index (χ3v) is 4.65. The van der Waals surface area contributed by atoms with Crippen molar-refractivity contribution in [2.24, 2.45) is 0 Å². The molecule has 0 radical (unpaired) electrons. The molecule has 0 bridgehead atoms. The lowest BCUT2D eigenvalue weighted by Crippen LogP contribution is -2.22. The number of hydrogen-bond donors (Lipinski definition) is 1. The van der Waals surface area contributed by atoms with Crippen LogP contribution in [-0.4, -0.2) is 38.1 Å². The third-order valence-electron chi connectivity index (χ3n) is 4.65. The molecule has 0 fully saturated rings. The zero-order valence-electron chi connectivity index (χ0n) is 17.2. The molecule has 2 aromatic carbocycles. The summed E-state index contributed by atoms with van der Waals surface area (Å²) in [6.45, 7) is 7.87. The van der Waals surface area contributed by atoms with Gasteiger partial charge in [-0.2, -0.15) is 0 Å². The summed E-state index contributed by atoms with van der Waals surface area (Å²) in [5.41, 5.74) is 3.18. The van der Waals surface area contributed by atoms with Crippen molar-refractivity contribution >= 4 is 12.0 Å². The van der Waals surface area contributed by atoms with Gasteiger partial charge in [0.1, 0.15) is 11.5 Å². The summed E-state index contributed by atoms with van der Waals surface area (Å²) < 4.78 is 10.5. The zero-order chi connectivity index (χ0) is 20.4. The van der Waals surface area contributed by atoms with Crippen molar-refractivity contribution in [3.63, 3.8) is 0 Å². The van der Waals surface area contributed by atoms with E-state index in [-0.39, 0.29) is 5.91 Å². The second-order valence-electron chi connectivity index (χ2n) is 6.44. The minimum atomic E-state index is -0.148. The molecule has 0 unspecified atom stereocenters. The van der Waals surface area contributed by atoms with Crippen LogP contribution in [0.1, 0.15) is 30.5 Å². The Bertz CT molecular complexity index is 781. The number of methoxy groups -OCH3 is 2. The van der Waals surface area contributed by atoms with Crippen LogP contribution in [0.15, 0.2) is 48.5 Å². The second kappa shape index (κ2) is 11.1. The zero-order valence-corrected chi connectivity index (χ0v) is 17.2. The summed E-state index contributed by atoms with van der Waals surface area (Å²) in [5.74, 6) is 1.22. The normalized spacial score (nSPS) is 11.0. The predicted molar refractivity (Wildman–Crippen MR) is 113 cm³/mol. The topological polar surface area (TPSA) is 50.8 Å². The number of hydrogen-bond acceptors (Lipinski definition) is 4. The highest BCUT2D eigenvalue weighted by Gasteiger charge is 2.04. The Hall–Kier alpha value is -2.79. The quantitative estimate of drug-likeness (QED) is 0.634. The molecule has 0 atom stereocenters. The molecule has 0 spiro atoms. The maximum absolute atomic E-state index is 12.1. The molecule has 2 aromatic rings. The fourth-order valence-electron chi connectivity index (χ4n) is 2.84. The molecule has 150 valence electrons. The van der Waals surface area contributed by atoms with Crippen molar-refractivity contribution in [3.05, 3.63) is 65.2 Å². The van der Waals surface area contributed by atoms with Crippen LogP contribution in [0.3, 0.4) is 0 Å². The van der Waals surface area contributed by atoms with Crippen LogP contribution in [-0.2, 0) is 17.9 Å². The fraction of sp³-hybridized carbons (Fsp3) is 0.348. The van der Waals surface area contributed by atoms with Gasteiger partial charge in [-0.25, -0.2) is 0 Å². The smallest absolute Gasteiger partial charge is 0.244 e. The van der Waals surface area contributed by atoms with Gasteiger partial charge >= 0.3 is 0 Å². The summed E-state index contributed by atoms with van der Waals surface area (Å²) in [7, 11) is 3.20. The average Bonchev–Trinajstić information content (AvgIpc) is 2.75. The van der Waals surface area contributed by atoms with Gasteiger partial charge in [0.05, 0.1) is 14.2 Å². The predicted octanol–water partition coefficient (Wildman–Crippen LogP) is 3.88. The molecular weight excluding hydrogens is 352 g/mol. The van der Waals surface area contributed by atoms with Crippen LogP contribution in [0.5, 0.6) is 11.5 Å². The monoisotopic (exact) mass is 382 g/mol. The van der Waals surface area contributed by atoms with Crippen LogP contribution >= 0.6 is 0 Å². The van der Waals surface area contributed by atoms with Crippen LogP contribution in [0.4, 0.5) is 0 Å². The molecule has 28 heavy (non-hydrogen) atoms. The van der Waals surface area contributed by atoms with E-state index < -0.39 is 0 Å². The van der Waals surface area contributed by atoms with Gasteiger partial charge in [0.25, 0.3) is 0 Å². The molecule has 1 amide bonds. The molecule has 0 saturated carbocycles. The van der Waals surface area contributed by atoms with Crippen LogP contribution < -0.4 is 14.8 Å². The van der Waals surface area contributed by atoms with E-state index in [1.165, 1.54) is 11.6 Å². The summed E-state index contributed by atoms with van der Waals surface area (Å²) in [4.78, 5) is 14.5. The minimum Gasteiger partial charge on any atom is -0.497 e. The van der Waals surface area contributed by atoms with Crippen molar-refractivity contribution in [2.75, 3.05) is 27.3 Å². The molecule has 0 saturated heterocycles. The van der Waals surface area contributed by atoms with E-state index in [9.17, 15) is 4.79 Å². The average molecular weight is 383 g/mol.